The van der Waals surface area contributed by atoms with Gasteiger partial charge in [-0.05, 0) is 43.3 Å². The molecule has 0 fully saturated rings. The molecule has 0 saturated carbocycles. The molecule has 0 amide bonds. The van der Waals surface area contributed by atoms with Crippen molar-refractivity contribution in [2.24, 2.45) is 0 Å². The number of aromatic nitrogens is 1. The average Bonchev–Trinajstić information content (AvgIpc) is 2.60. The minimum absolute atomic E-state index is 0.0990. The van der Waals surface area contributed by atoms with Crippen molar-refractivity contribution >= 4 is 16.0 Å². The van der Waals surface area contributed by atoms with Gasteiger partial charge in [-0.25, -0.2) is 17.9 Å². The van der Waals surface area contributed by atoms with Gasteiger partial charge in [-0.2, -0.15) is 0 Å². The second-order valence-corrected chi connectivity index (χ2v) is 6.48. The Morgan fingerprint density at radius 3 is 2.54 bits per heavy atom. The molecule has 24 heavy (non-hydrogen) atoms. The van der Waals surface area contributed by atoms with Gasteiger partial charge in [0.05, 0.1) is 23.7 Å². The lowest BCUT2D eigenvalue weighted by Gasteiger charge is -2.08. The first-order valence-electron chi connectivity index (χ1n) is 7.29. The molecule has 2 rings (SSSR count). The van der Waals surface area contributed by atoms with Gasteiger partial charge >= 0.3 is 5.97 Å². The summed E-state index contributed by atoms with van der Waals surface area (Å²) >= 11 is 0. The molecular weight excluding hydrogens is 332 g/mol. The van der Waals surface area contributed by atoms with E-state index in [2.05, 4.69) is 9.71 Å². The number of nitrogens with zero attached hydrogens (tertiary/aromatic N) is 1. The van der Waals surface area contributed by atoms with E-state index in [1.165, 1.54) is 24.3 Å². The number of hydrogen-bond donors (Lipinski definition) is 1. The highest BCUT2D eigenvalue weighted by Crippen LogP contribution is 2.16. The van der Waals surface area contributed by atoms with E-state index < -0.39 is 16.0 Å². The van der Waals surface area contributed by atoms with Gasteiger partial charge in [-0.15, -0.1) is 0 Å². The predicted octanol–water partition coefficient (Wildman–Crippen LogP) is 1.50. The van der Waals surface area contributed by atoms with Crippen molar-refractivity contribution in [3.8, 4) is 5.75 Å². The molecule has 0 aliphatic heterocycles. The van der Waals surface area contributed by atoms with Gasteiger partial charge in [-0.1, -0.05) is 6.07 Å². The van der Waals surface area contributed by atoms with Crippen LogP contribution in [0.4, 0.5) is 0 Å². The lowest BCUT2D eigenvalue weighted by atomic mass is 10.3. The quantitative estimate of drug-likeness (QED) is 0.725. The number of pyridine rings is 1. The molecule has 1 aromatic heterocycles. The number of carbonyl (C=O) groups is 1. The van der Waals surface area contributed by atoms with Crippen LogP contribution in [0.3, 0.4) is 0 Å². The molecule has 0 unspecified atom stereocenters. The molecule has 1 N–H and O–H groups in total. The van der Waals surface area contributed by atoms with Gasteiger partial charge in [0.1, 0.15) is 5.75 Å². The number of sulfonamides is 1. The van der Waals surface area contributed by atoms with Crippen LogP contribution in [0.25, 0.3) is 0 Å². The topological polar surface area (TPSA) is 94.6 Å². The Bertz CT molecular complexity index is 761. The van der Waals surface area contributed by atoms with Crippen LogP contribution >= 0.6 is 0 Å². The fraction of sp³-hybridized carbons (Fsp3) is 0.250. The summed E-state index contributed by atoms with van der Waals surface area (Å²) in [6, 6.07) is 11.0. The highest BCUT2D eigenvalue weighted by atomic mass is 32.2. The van der Waals surface area contributed by atoms with Crippen molar-refractivity contribution in [1.82, 2.24) is 9.71 Å². The summed E-state index contributed by atoms with van der Waals surface area (Å²) in [5, 5.41) is 0. The summed E-state index contributed by atoms with van der Waals surface area (Å²) < 4.78 is 36.9. The summed E-state index contributed by atoms with van der Waals surface area (Å²) in [5.41, 5.74) is 0.621. The summed E-state index contributed by atoms with van der Waals surface area (Å²) in [6.07, 6.45) is 1.60. The molecule has 0 bridgehead atoms. The monoisotopic (exact) mass is 350 g/mol. The predicted molar refractivity (Wildman–Crippen MR) is 86.8 cm³/mol. The van der Waals surface area contributed by atoms with Crippen molar-refractivity contribution in [1.29, 1.82) is 0 Å². The Labute approximate surface area is 140 Å². The first-order chi connectivity index (χ1) is 11.5. The number of hydrogen-bond acceptors (Lipinski definition) is 6. The molecule has 0 atom stereocenters. The maximum Gasteiger partial charge on any atom is 0.344 e. The van der Waals surface area contributed by atoms with Crippen molar-refractivity contribution in [3.05, 3.63) is 54.4 Å². The van der Waals surface area contributed by atoms with E-state index in [-0.39, 0.29) is 24.7 Å². The lowest BCUT2D eigenvalue weighted by molar-refractivity contribution is -0.145. The average molecular weight is 350 g/mol. The Hall–Kier alpha value is -2.45. The van der Waals surface area contributed by atoms with Crippen LogP contribution < -0.4 is 9.46 Å². The molecule has 0 aliphatic rings. The SMILES string of the molecule is CCOC(=O)COc1ccc(S(=O)(=O)NCc2ccccn2)cc1. The van der Waals surface area contributed by atoms with E-state index in [1.807, 2.05) is 0 Å². The van der Waals surface area contributed by atoms with Gasteiger partial charge < -0.3 is 9.47 Å². The molecule has 0 saturated heterocycles. The summed E-state index contributed by atoms with van der Waals surface area (Å²) in [5.74, 6) is -0.0991. The van der Waals surface area contributed by atoms with E-state index >= 15 is 0 Å². The number of esters is 1. The number of rotatable bonds is 8. The van der Waals surface area contributed by atoms with Crippen molar-refractivity contribution in [2.45, 2.75) is 18.4 Å². The third kappa shape index (κ3) is 5.32. The first-order valence-corrected chi connectivity index (χ1v) is 8.77. The van der Waals surface area contributed by atoms with Crippen molar-refractivity contribution in [3.63, 3.8) is 0 Å². The zero-order valence-electron chi connectivity index (χ0n) is 13.1. The summed E-state index contributed by atoms with van der Waals surface area (Å²) in [7, 11) is -3.65. The number of nitrogens with one attached hydrogen (secondary N) is 1. The summed E-state index contributed by atoms with van der Waals surface area (Å²) in [6.45, 7) is 1.86. The van der Waals surface area contributed by atoms with Gasteiger partial charge in [-0.3, -0.25) is 4.98 Å². The van der Waals surface area contributed by atoms with Crippen LogP contribution in [0.2, 0.25) is 0 Å². The minimum atomic E-state index is -3.65. The van der Waals surface area contributed by atoms with E-state index in [4.69, 9.17) is 9.47 Å². The van der Waals surface area contributed by atoms with Crippen LogP contribution in [0, 0.1) is 0 Å². The standard InChI is InChI=1S/C16H18N2O5S/c1-2-22-16(19)12-23-14-6-8-15(9-7-14)24(20,21)18-11-13-5-3-4-10-17-13/h3-10,18H,2,11-12H2,1H3. The van der Waals surface area contributed by atoms with E-state index in [0.29, 0.717) is 11.4 Å². The van der Waals surface area contributed by atoms with Gasteiger partial charge in [0.25, 0.3) is 0 Å². The van der Waals surface area contributed by atoms with Gasteiger partial charge in [0.2, 0.25) is 10.0 Å². The second kappa shape index (κ2) is 8.42. The zero-order valence-corrected chi connectivity index (χ0v) is 14.0. The van der Waals surface area contributed by atoms with Crippen LogP contribution in [0.15, 0.2) is 53.6 Å². The van der Waals surface area contributed by atoms with E-state index in [0.717, 1.165) is 0 Å². The second-order valence-electron chi connectivity index (χ2n) is 4.71. The highest BCUT2D eigenvalue weighted by molar-refractivity contribution is 7.89. The third-order valence-corrected chi connectivity index (χ3v) is 4.38. The zero-order chi connectivity index (χ0) is 17.4. The fourth-order valence-corrected chi connectivity index (χ4v) is 2.81. The number of ether oxygens (including phenoxy) is 2. The van der Waals surface area contributed by atoms with Crippen molar-refractivity contribution < 1.29 is 22.7 Å². The Balaban J connectivity index is 1.94. The largest absolute Gasteiger partial charge is 0.482 e. The maximum atomic E-state index is 12.2. The van der Waals surface area contributed by atoms with E-state index in [1.54, 1.807) is 31.3 Å². The molecule has 0 radical (unpaired) electrons. The van der Waals surface area contributed by atoms with Crippen LogP contribution in [0.5, 0.6) is 5.75 Å². The molecule has 0 aliphatic carbocycles. The fourth-order valence-electron chi connectivity index (χ4n) is 1.81. The van der Waals surface area contributed by atoms with Gasteiger partial charge in [0, 0.05) is 6.20 Å². The lowest BCUT2D eigenvalue weighted by Crippen LogP contribution is -2.23. The first kappa shape index (κ1) is 17.9. The van der Waals surface area contributed by atoms with Crippen LogP contribution in [-0.2, 0) is 26.1 Å². The molecule has 2 aromatic rings. The smallest absolute Gasteiger partial charge is 0.344 e. The maximum absolute atomic E-state index is 12.2. The Kier molecular flexibility index (Phi) is 6.28. The number of benzene rings is 1. The van der Waals surface area contributed by atoms with Crippen molar-refractivity contribution in [2.75, 3.05) is 13.2 Å². The molecule has 7 nitrogen and oxygen atoms in total. The van der Waals surface area contributed by atoms with Crippen LogP contribution in [-0.4, -0.2) is 32.6 Å². The number of carbonyl (C=O) groups excluding carboxylic acids is 1. The minimum Gasteiger partial charge on any atom is -0.482 e. The summed E-state index contributed by atoms with van der Waals surface area (Å²) in [4.78, 5) is 15.4. The molecule has 0 spiro atoms. The molecule has 1 heterocycles. The highest BCUT2D eigenvalue weighted by Gasteiger charge is 2.14. The molecular formula is C16H18N2O5S. The normalized spacial score (nSPS) is 11.0. The third-order valence-electron chi connectivity index (χ3n) is 2.97. The molecule has 8 heteroatoms. The molecule has 128 valence electrons. The van der Waals surface area contributed by atoms with E-state index in [9.17, 15) is 13.2 Å². The van der Waals surface area contributed by atoms with Crippen LogP contribution in [0.1, 0.15) is 12.6 Å². The Morgan fingerprint density at radius 1 is 1.17 bits per heavy atom. The molecule has 1 aromatic carbocycles. The van der Waals surface area contributed by atoms with Gasteiger partial charge in [0.15, 0.2) is 6.61 Å². The Morgan fingerprint density at radius 2 is 1.92 bits per heavy atom.